The lowest BCUT2D eigenvalue weighted by atomic mass is 9.84. The molecule has 1 N–H and O–H groups in total. The second-order valence-corrected chi connectivity index (χ2v) is 4.25. The van der Waals surface area contributed by atoms with Crippen molar-refractivity contribution in [3.8, 4) is 5.75 Å². The molecular formula is C13H16O2. The largest absolute Gasteiger partial charge is 0.508 e. The normalized spacial score (nSPS) is 17.6. The number of hydrogen-bond donors (Lipinski definition) is 1. The van der Waals surface area contributed by atoms with E-state index in [4.69, 9.17) is 0 Å². The predicted octanol–water partition coefficient (Wildman–Crippen LogP) is 3.16. The van der Waals surface area contributed by atoms with Crippen LogP contribution in [0.2, 0.25) is 0 Å². The van der Waals surface area contributed by atoms with Crippen LogP contribution in [0.15, 0.2) is 24.3 Å². The van der Waals surface area contributed by atoms with Gasteiger partial charge in [-0.2, -0.15) is 0 Å². The molecule has 0 aliphatic heterocycles. The summed E-state index contributed by atoms with van der Waals surface area (Å²) in [6.07, 6.45) is 5.59. The van der Waals surface area contributed by atoms with E-state index in [0.717, 1.165) is 25.7 Å². The quantitative estimate of drug-likeness (QED) is 0.751. The minimum absolute atomic E-state index is 0.177. The number of ketones is 1. The van der Waals surface area contributed by atoms with E-state index < -0.39 is 0 Å². The smallest absolute Gasteiger partial charge is 0.166 e. The Morgan fingerprint density at radius 1 is 1.20 bits per heavy atom. The van der Waals surface area contributed by atoms with Crippen LogP contribution in [0.25, 0.3) is 0 Å². The Hall–Kier alpha value is -1.31. The van der Waals surface area contributed by atoms with Gasteiger partial charge >= 0.3 is 0 Å². The molecule has 15 heavy (non-hydrogen) atoms. The third-order valence-electron chi connectivity index (χ3n) is 3.11. The maximum Gasteiger partial charge on any atom is 0.166 e. The first kappa shape index (κ1) is 10.2. The Kier molecular flexibility index (Phi) is 3.05. The molecule has 0 aromatic heterocycles. The number of carbonyl (C=O) groups is 1. The van der Waals surface area contributed by atoms with Crippen molar-refractivity contribution in [2.45, 2.75) is 32.1 Å². The van der Waals surface area contributed by atoms with Gasteiger partial charge in [0.2, 0.25) is 0 Å². The Morgan fingerprint density at radius 2 is 1.93 bits per heavy atom. The summed E-state index contributed by atoms with van der Waals surface area (Å²) < 4.78 is 0. The number of carbonyl (C=O) groups excluding carboxylic acids is 1. The molecule has 0 radical (unpaired) electrons. The van der Waals surface area contributed by atoms with Gasteiger partial charge in [-0.15, -0.1) is 0 Å². The lowest BCUT2D eigenvalue weighted by Crippen LogP contribution is -2.17. The second-order valence-electron chi connectivity index (χ2n) is 4.25. The molecule has 2 nitrogen and oxygen atoms in total. The molecule has 1 aromatic carbocycles. The van der Waals surface area contributed by atoms with Crippen LogP contribution in [0.1, 0.15) is 42.5 Å². The van der Waals surface area contributed by atoms with E-state index >= 15 is 0 Å². The third-order valence-corrected chi connectivity index (χ3v) is 3.11. The molecule has 1 aromatic rings. The number of phenols is 1. The number of hydrogen-bond acceptors (Lipinski definition) is 2. The summed E-state index contributed by atoms with van der Waals surface area (Å²) in [5.41, 5.74) is 0.655. The van der Waals surface area contributed by atoms with Gasteiger partial charge in [-0.3, -0.25) is 4.79 Å². The van der Waals surface area contributed by atoms with Gasteiger partial charge in [0.05, 0.1) is 0 Å². The van der Waals surface area contributed by atoms with E-state index in [1.807, 2.05) is 0 Å². The molecular weight excluding hydrogens is 188 g/mol. The molecule has 1 aliphatic carbocycles. The van der Waals surface area contributed by atoms with E-state index in [2.05, 4.69) is 0 Å². The first-order valence-corrected chi connectivity index (χ1v) is 5.60. The van der Waals surface area contributed by atoms with Crippen LogP contribution in [-0.4, -0.2) is 10.9 Å². The van der Waals surface area contributed by atoms with Crippen molar-refractivity contribution in [1.29, 1.82) is 0 Å². The summed E-state index contributed by atoms with van der Waals surface area (Å²) in [5, 5.41) is 9.31. The van der Waals surface area contributed by atoms with E-state index in [1.165, 1.54) is 6.42 Å². The molecule has 1 fully saturated rings. The van der Waals surface area contributed by atoms with Crippen LogP contribution < -0.4 is 0 Å². The Bertz CT molecular complexity index is 351. The highest BCUT2D eigenvalue weighted by atomic mass is 16.3. The zero-order chi connectivity index (χ0) is 10.7. The minimum atomic E-state index is 0.177. The second kappa shape index (κ2) is 4.47. The van der Waals surface area contributed by atoms with Crippen molar-refractivity contribution in [2.24, 2.45) is 5.92 Å². The van der Waals surface area contributed by atoms with Crippen LogP contribution in [0, 0.1) is 5.92 Å². The van der Waals surface area contributed by atoms with Gasteiger partial charge in [-0.25, -0.2) is 0 Å². The van der Waals surface area contributed by atoms with Crippen LogP contribution in [-0.2, 0) is 0 Å². The van der Waals surface area contributed by atoms with Gasteiger partial charge in [-0.1, -0.05) is 31.4 Å². The minimum Gasteiger partial charge on any atom is -0.508 e. The Balaban J connectivity index is 2.12. The molecule has 0 spiro atoms. The fraction of sp³-hybridized carbons (Fsp3) is 0.462. The summed E-state index contributed by atoms with van der Waals surface area (Å²) in [5.74, 6) is 0.558. The van der Waals surface area contributed by atoms with Gasteiger partial charge < -0.3 is 5.11 Å². The van der Waals surface area contributed by atoms with Crippen LogP contribution in [0.3, 0.4) is 0 Å². The SMILES string of the molecule is O=C(c1cccc(O)c1)C1CCCCC1. The van der Waals surface area contributed by atoms with Crippen LogP contribution in [0.4, 0.5) is 0 Å². The molecule has 0 heterocycles. The highest BCUT2D eigenvalue weighted by molar-refractivity contribution is 5.98. The standard InChI is InChI=1S/C13H16O2/c14-12-8-4-7-11(9-12)13(15)10-5-2-1-3-6-10/h4,7-10,14H,1-3,5-6H2. The summed E-state index contributed by atoms with van der Waals surface area (Å²) in [6.45, 7) is 0. The van der Waals surface area contributed by atoms with Crippen LogP contribution in [0.5, 0.6) is 5.75 Å². The zero-order valence-electron chi connectivity index (χ0n) is 8.78. The van der Waals surface area contributed by atoms with Crippen molar-refractivity contribution >= 4 is 5.78 Å². The molecule has 1 saturated carbocycles. The van der Waals surface area contributed by atoms with Crippen molar-refractivity contribution in [3.63, 3.8) is 0 Å². The molecule has 0 unspecified atom stereocenters. The van der Waals surface area contributed by atoms with Gasteiger partial charge in [0.25, 0.3) is 0 Å². The molecule has 0 saturated heterocycles. The Labute approximate surface area is 89.9 Å². The number of phenolic OH excluding ortho intramolecular Hbond substituents is 1. The number of Topliss-reactive ketones (excluding diaryl/α,β-unsaturated/α-hetero) is 1. The molecule has 0 bridgehead atoms. The van der Waals surface area contributed by atoms with Crippen molar-refractivity contribution < 1.29 is 9.90 Å². The van der Waals surface area contributed by atoms with Crippen molar-refractivity contribution in [2.75, 3.05) is 0 Å². The summed E-state index contributed by atoms with van der Waals surface area (Å²) >= 11 is 0. The maximum absolute atomic E-state index is 12.0. The predicted molar refractivity (Wildman–Crippen MR) is 59.0 cm³/mol. The summed E-state index contributed by atoms with van der Waals surface area (Å²) in [7, 11) is 0. The zero-order valence-corrected chi connectivity index (χ0v) is 8.78. The molecule has 0 amide bonds. The first-order chi connectivity index (χ1) is 7.27. The fourth-order valence-corrected chi connectivity index (χ4v) is 2.26. The third kappa shape index (κ3) is 2.38. The lowest BCUT2D eigenvalue weighted by Gasteiger charge is -2.20. The molecule has 2 heteroatoms. The van der Waals surface area contributed by atoms with Gasteiger partial charge in [-0.05, 0) is 25.0 Å². The van der Waals surface area contributed by atoms with Gasteiger partial charge in [0.15, 0.2) is 5.78 Å². The summed E-state index contributed by atoms with van der Waals surface area (Å²) in [6, 6.07) is 6.68. The monoisotopic (exact) mass is 204 g/mol. The molecule has 2 rings (SSSR count). The molecule has 80 valence electrons. The number of aromatic hydroxyl groups is 1. The maximum atomic E-state index is 12.0. The topological polar surface area (TPSA) is 37.3 Å². The van der Waals surface area contributed by atoms with Gasteiger partial charge in [0, 0.05) is 11.5 Å². The molecule has 0 atom stereocenters. The number of rotatable bonds is 2. The first-order valence-electron chi connectivity index (χ1n) is 5.60. The Morgan fingerprint density at radius 3 is 2.60 bits per heavy atom. The van der Waals surface area contributed by atoms with E-state index in [1.54, 1.807) is 24.3 Å². The number of benzene rings is 1. The fourth-order valence-electron chi connectivity index (χ4n) is 2.26. The van der Waals surface area contributed by atoms with E-state index in [0.29, 0.717) is 5.56 Å². The van der Waals surface area contributed by atoms with Gasteiger partial charge in [0.1, 0.15) is 5.75 Å². The summed E-state index contributed by atoms with van der Waals surface area (Å²) in [4.78, 5) is 12.0. The van der Waals surface area contributed by atoms with E-state index in [9.17, 15) is 9.90 Å². The van der Waals surface area contributed by atoms with Crippen molar-refractivity contribution in [3.05, 3.63) is 29.8 Å². The van der Waals surface area contributed by atoms with E-state index in [-0.39, 0.29) is 17.5 Å². The van der Waals surface area contributed by atoms with Crippen LogP contribution >= 0.6 is 0 Å². The average Bonchev–Trinajstić information content (AvgIpc) is 2.29. The lowest BCUT2D eigenvalue weighted by molar-refractivity contribution is 0.0889. The highest BCUT2D eigenvalue weighted by Crippen LogP contribution is 2.27. The highest BCUT2D eigenvalue weighted by Gasteiger charge is 2.22. The van der Waals surface area contributed by atoms with Crippen molar-refractivity contribution in [1.82, 2.24) is 0 Å². The molecule has 1 aliphatic rings. The average molecular weight is 204 g/mol.